The zero-order valence-electron chi connectivity index (χ0n) is 8.70. The predicted octanol–water partition coefficient (Wildman–Crippen LogP) is 0.586. The summed E-state index contributed by atoms with van der Waals surface area (Å²) in [4.78, 5) is 0. The van der Waals surface area contributed by atoms with Gasteiger partial charge in [0.25, 0.3) is 0 Å². The number of sulfonamides is 1. The van der Waals surface area contributed by atoms with Gasteiger partial charge >= 0.3 is 0 Å². The molecule has 1 aliphatic carbocycles. The normalized spacial score (nSPS) is 21.3. The van der Waals surface area contributed by atoms with Crippen molar-refractivity contribution in [3.63, 3.8) is 0 Å². The van der Waals surface area contributed by atoms with Crippen LogP contribution in [-0.4, -0.2) is 26.3 Å². The fourth-order valence-electron chi connectivity index (χ4n) is 1.88. The van der Waals surface area contributed by atoms with Gasteiger partial charge in [0.15, 0.2) is 0 Å². The van der Waals surface area contributed by atoms with Crippen molar-refractivity contribution in [1.29, 1.82) is 0 Å². The predicted molar refractivity (Wildman–Crippen MR) is 57.4 cm³/mol. The van der Waals surface area contributed by atoms with Crippen molar-refractivity contribution < 1.29 is 8.42 Å². The molecule has 1 saturated carbocycles. The van der Waals surface area contributed by atoms with Gasteiger partial charge in [0.05, 0.1) is 5.25 Å². The Bertz CT molecular complexity index is 254. The van der Waals surface area contributed by atoms with E-state index in [1.54, 1.807) is 0 Å². The van der Waals surface area contributed by atoms with E-state index in [2.05, 4.69) is 4.72 Å². The molecule has 84 valence electrons. The van der Waals surface area contributed by atoms with Gasteiger partial charge in [-0.15, -0.1) is 0 Å². The Morgan fingerprint density at radius 1 is 1.43 bits per heavy atom. The van der Waals surface area contributed by atoms with Crippen molar-refractivity contribution in [1.82, 2.24) is 4.72 Å². The van der Waals surface area contributed by atoms with E-state index < -0.39 is 15.3 Å². The standard InChI is InChI=1S/C9H20N2O2S/c1-2-9(7-10)14(12,13)11-8-5-3-4-6-8/h8-9,11H,2-7,10H2,1H3. The van der Waals surface area contributed by atoms with Crippen LogP contribution in [0.4, 0.5) is 0 Å². The number of nitrogens with one attached hydrogen (secondary N) is 1. The summed E-state index contributed by atoms with van der Waals surface area (Å²) in [5.74, 6) is 0. The highest BCUT2D eigenvalue weighted by Crippen LogP contribution is 2.19. The second-order valence-electron chi connectivity index (χ2n) is 3.91. The summed E-state index contributed by atoms with van der Waals surface area (Å²) in [5.41, 5.74) is 5.42. The first-order chi connectivity index (χ1) is 6.60. The molecular weight excluding hydrogens is 200 g/mol. The Labute approximate surface area is 86.3 Å². The Morgan fingerprint density at radius 3 is 2.43 bits per heavy atom. The highest BCUT2D eigenvalue weighted by atomic mass is 32.2. The van der Waals surface area contributed by atoms with Gasteiger partial charge in [-0.2, -0.15) is 0 Å². The third-order valence-corrected chi connectivity index (χ3v) is 4.91. The molecule has 0 saturated heterocycles. The van der Waals surface area contributed by atoms with Gasteiger partial charge in [0.1, 0.15) is 0 Å². The quantitative estimate of drug-likeness (QED) is 0.712. The van der Waals surface area contributed by atoms with Gasteiger partial charge in [-0.1, -0.05) is 19.8 Å². The maximum atomic E-state index is 11.8. The smallest absolute Gasteiger partial charge is 0.215 e. The van der Waals surface area contributed by atoms with Crippen LogP contribution in [0.1, 0.15) is 39.0 Å². The zero-order chi connectivity index (χ0) is 10.6. The van der Waals surface area contributed by atoms with Gasteiger partial charge in [0, 0.05) is 12.6 Å². The lowest BCUT2D eigenvalue weighted by atomic mass is 10.3. The molecule has 1 fully saturated rings. The topological polar surface area (TPSA) is 72.2 Å². The molecule has 0 radical (unpaired) electrons. The summed E-state index contributed by atoms with van der Waals surface area (Å²) in [6.07, 6.45) is 4.79. The van der Waals surface area contributed by atoms with E-state index in [0.29, 0.717) is 6.42 Å². The average Bonchev–Trinajstić information content (AvgIpc) is 2.57. The molecule has 0 aliphatic heterocycles. The average molecular weight is 220 g/mol. The molecule has 14 heavy (non-hydrogen) atoms. The highest BCUT2D eigenvalue weighted by Gasteiger charge is 2.26. The summed E-state index contributed by atoms with van der Waals surface area (Å²) in [7, 11) is -3.18. The van der Waals surface area contributed by atoms with Crippen molar-refractivity contribution in [3.05, 3.63) is 0 Å². The SMILES string of the molecule is CCC(CN)S(=O)(=O)NC1CCCC1. The van der Waals surface area contributed by atoms with Gasteiger partial charge in [-0.25, -0.2) is 13.1 Å². The molecule has 0 aromatic carbocycles. The van der Waals surface area contributed by atoms with E-state index in [-0.39, 0.29) is 12.6 Å². The molecule has 0 spiro atoms. The molecule has 0 amide bonds. The first-order valence-corrected chi connectivity index (χ1v) is 6.86. The first-order valence-electron chi connectivity index (χ1n) is 5.31. The van der Waals surface area contributed by atoms with Crippen LogP contribution in [0.3, 0.4) is 0 Å². The number of hydrogen-bond acceptors (Lipinski definition) is 3. The van der Waals surface area contributed by atoms with Crippen LogP contribution in [0.15, 0.2) is 0 Å². The van der Waals surface area contributed by atoms with Crippen LogP contribution in [0, 0.1) is 0 Å². The molecular formula is C9H20N2O2S. The van der Waals surface area contributed by atoms with Crippen molar-refractivity contribution in [2.45, 2.75) is 50.3 Å². The van der Waals surface area contributed by atoms with E-state index >= 15 is 0 Å². The van der Waals surface area contributed by atoms with E-state index in [0.717, 1.165) is 25.7 Å². The Kier molecular flexibility index (Phi) is 4.34. The fourth-order valence-corrected chi connectivity index (χ4v) is 3.47. The second kappa shape index (κ2) is 5.09. The maximum absolute atomic E-state index is 11.8. The van der Waals surface area contributed by atoms with Gasteiger partial charge in [0.2, 0.25) is 10.0 Å². The minimum atomic E-state index is -3.18. The monoisotopic (exact) mass is 220 g/mol. The van der Waals surface area contributed by atoms with Gasteiger partial charge < -0.3 is 5.73 Å². The van der Waals surface area contributed by atoms with E-state index in [1.807, 2.05) is 6.92 Å². The minimum Gasteiger partial charge on any atom is -0.329 e. The molecule has 4 nitrogen and oxygen atoms in total. The second-order valence-corrected chi connectivity index (χ2v) is 5.90. The molecule has 0 aromatic rings. The number of rotatable bonds is 5. The highest BCUT2D eigenvalue weighted by molar-refractivity contribution is 7.90. The van der Waals surface area contributed by atoms with Crippen LogP contribution in [0.25, 0.3) is 0 Å². The lowest BCUT2D eigenvalue weighted by Crippen LogP contribution is -2.42. The molecule has 3 N–H and O–H groups in total. The summed E-state index contributed by atoms with van der Waals surface area (Å²) < 4.78 is 26.3. The summed E-state index contributed by atoms with van der Waals surface area (Å²) in [6.45, 7) is 2.06. The minimum absolute atomic E-state index is 0.153. The van der Waals surface area contributed by atoms with Crippen LogP contribution in [-0.2, 0) is 10.0 Å². The Morgan fingerprint density at radius 2 is 2.00 bits per heavy atom. The summed E-state index contributed by atoms with van der Waals surface area (Å²) >= 11 is 0. The van der Waals surface area contributed by atoms with E-state index in [4.69, 9.17) is 5.73 Å². The van der Waals surface area contributed by atoms with Gasteiger partial charge in [-0.3, -0.25) is 0 Å². The molecule has 0 bridgehead atoms. The third kappa shape index (κ3) is 2.93. The molecule has 0 heterocycles. The largest absolute Gasteiger partial charge is 0.329 e. The molecule has 1 aliphatic rings. The molecule has 5 heteroatoms. The van der Waals surface area contributed by atoms with Crippen molar-refractivity contribution >= 4 is 10.0 Å². The van der Waals surface area contributed by atoms with Crippen LogP contribution >= 0.6 is 0 Å². The summed E-state index contributed by atoms with van der Waals surface area (Å²) in [5, 5.41) is -0.428. The fraction of sp³-hybridized carbons (Fsp3) is 1.00. The molecule has 0 aromatic heterocycles. The number of hydrogen-bond donors (Lipinski definition) is 2. The molecule has 1 rings (SSSR count). The van der Waals surface area contributed by atoms with Crippen LogP contribution in [0.5, 0.6) is 0 Å². The summed E-state index contributed by atoms with van der Waals surface area (Å²) in [6, 6.07) is 0.153. The first kappa shape index (κ1) is 11.9. The van der Waals surface area contributed by atoms with E-state index in [1.165, 1.54) is 0 Å². The lowest BCUT2D eigenvalue weighted by molar-refractivity contribution is 0.535. The van der Waals surface area contributed by atoms with E-state index in [9.17, 15) is 8.42 Å². The van der Waals surface area contributed by atoms with Crippen LogP contribution < -0.4 is 10.5 Å². The van der Waals surface area contributed by atoms with Gasteiger partial charge in [-0.05, 0) is 19.3 Å². The molecule has 1 unspecified atom stereocenters. The van der Waals surface area contributed by atoms with Crippen molar-refractivity contribution in [3.8, 4) is 0 Å². The maximum Gasteiger partial charge on any atom is 0.215 e. The Hall–Kier alpha value is -0.130. The third-order valence-electron chi connectivity index (χ3n) is 2.84. The van der Waals surface area contributed by atoms with Crippen LogP contribution in [0.2, 0.25) is 0 Å². The molecule has 1 atom stereocenters. The van der Waals surface area contributed by atoms with Crippen molar-refractivity contribution in [2.24, 2.45) is 5.73 Å². The lowest BCUT2D eigenvalue weighted by Gasteiger charge is -2.18. The Balaban J connectivity index is 2.55. The zero-order valence-corrected chi connectivity index (χ0v) is 9.52. The number of nitrogens with two attached hydrogens (primary N) is 1. The van der Waals surface area contributed by atoms with Crippen molar-refractivity contribution in [2.75, 3.05) is 6.54 Å².